The Morgan fingerprint density at radius 2 is 1.94 bits per heavy atom. The Hall–Kier alpha value is 1.28. The van der Waals surface area contributed by atoms with Crippen molar-refractivity contribution in [3.8, 4) is 0 Å². The fourth-order valence-corrected chi connectivity index (χ4v) is 11.0. The normalized spacial score (nSPS) is 36.7. The van der Waals surface area contributed by atoms with Gasteiger partial charge in [-0.25, -0.2) is 13.0 Å². The van der Waals surface area contributed by atoms with Gasteiger partial charge in [0.15, 0.2) is 12.4 Å². The van der Waals surface area contributed by atoms with Gasteiger partial charge in [0.05, 0.1) is 10.5 Å². The highest BCUT2D eigenvalue weighted by Crippen LogP contribution is 2.65. The number of fused-ring (bicyclic) bond motifs is 1. The summed E-state index contributed by atoms with van der Waals surface area (Å²) in [6, 6.07) is 0. The summed E-state index contributed by atoms with van der Waals surface area (Å²) >= 11 is 10.2. The fourth-order valence-electron chi connectivity index (χ4n) is 2.18. The van der Waals surface area contributed by atoms with Crippen LogP contribution in [0, 0.1) is 0 Å². The molecular weight excluding hydrogens is 422 g/mol. The highest BCUT2D eigenvalue weighted by atomic mass is 79.9. The lowest BCUT2D eigenvalue weighted by molar-refractivity contribution is -0.515. The minimum atomic E-state index is -3.14. The molecule has 0 aliphatic carbocycles. The summed E-state index contributed by atoms with van der Waals surface area (Å²) in [4.78, 5) is 0. The summed E-state index contributed by atoms with van der Waals surface area (Å²) in [5.74, 6) is 0.225. The number of hydrogen-bond acceptors (Lipinski definition) is 4. The van der Waals surface area contributed by atoms with Gasteiger partial charge in [0.25, 0.3) is 4.38 Å². The van der Waals surface area contributed by atoms with Crippen LogP contribution >= 0.6 is 55.4 Å². The molecule has 2 fully saturated rings. The van der Waals surface area contributed by atoms with Crippen molar-refractivity contribution in [2.24, 2.45) is 0 Å². The molecule has 3 nitrogen and oxygen atoms in total. The van der Waals surface area contributed by atoms with Crippen molar-refractivity contribution < 1.29 is 13.0 Å². The van der Waals surface area contributed by atoms with Gasteiger partial charge < -0.3 is 0 Å². The van der Waals surface area contributed by atoms with E-state index in [2.05, 4.69) is 50.3 Å². The molecule has 2 heterocycles. The van der Waals surface area contributed by atoms with E-state index in [1.807, 2.05) is 6.92 Å². The van der Waals surface area contributed by atoms with E-state index in [1.165, 1.54) is 4.38 Å². The van der Waals surface area contributed by atoms with Gasteiger partial charge in [-0.15, -0.1) is 0 Å². The molecule has 0 unspecified atom stereocenters. The van der Waals surface area contributed by atoms with Crippen molar-refractivity contribution in [1.29, 1.82) is 0 Å². The van der Waals surface area contributed by atoms with Crippen LogP contribution in [0.15, 0.2) is 0 Å². The predicted molar refractivity (Wildman–Crippen MR) is 88.1 cm³/mol. The maximum atomic E-state index is 12.2. The van der Waals surface area contributed by atoms with Crippen LogP contribution < -0.4 is 0 Å². The first kappa shape index (κ1) is 15.7. The van der Waals surface area contributed by atoms with E-state index < -0.39 is 12.4 Å². The molecule has 0 aromatic rings. The van der Waals surface area contributed by atoms with Crippen molar-refractivity contribution in [1.82, 2.24) is 0 Å². The van der Waals surface area contributed by atoms with Crippen LogP contribution in [0.5, 0.6) is 0 Å². The molecule has 2 aliphatic rings. The molecule has 8 heteroatoms. The van der Waals surface area contributed by atoms with Gasteiger partial charge in [-0.2, -0.15) is 0 Å². The third kappa shape index (κ3) is 2.05. The Labute approximate surface area is 134 Å². The Bertz CT molecular complexity index is 497. The van der Waals surface area contributed by atoms with E-state index in [4.69, 9.17) is 0 Å². The summed E-state index contributed by atoms with van der Waals surface area (Å²) in [5, 5.41) is 0.0989. The minimum absolute atomic E-state index is 0.0989. The van der Waals surface area contributed by atoms with Crippen molar-refractivity contribution in [3.05, 3.63) is 0 Å². The topological polar surface area (TPSA) is 37.1 Å². The first-order chi connectivity index (χ1) is 8.19. The molecule has 2 aliphatic heterocycles. The molecule has 0 aromatic heterocycles. The first-order valence-corrected chi connectivity index (χ1v) is 10.7. The van der Waals surface area contributed by atoms with Crippen LogP contribution in [0.4, 0.5) is 0 Å². The van der Waals surface area contributed by atoms with Crippen molar-refractivity contribution >= 4 is 69.6 Å². The summed E-state index contributed by atoms with van der Waals surface area (Å²) < 4.78 is 26.5. The molecule has 0 amide bonds. The monoisotopic (exact) mass is 436 g/mol. The number of alkyl halides is 2. The van der Waals surface area contributed by atoms with Crippen molar-refractivity contribution in [2.75, 3.05) is 18.8 Å². The van der Waals surface area contributed by atoms with E-state index in [0.29, 0.717) is 0 Å². The zero-order valence-electron chi connectivity index (χ0n) is 10.4. The fraction of sp³-hybridized carbons (Fsp3) is 0.900. The lowest BCUT2D eigenvalue weighted by atomic mass is 10.1. The molecule has 0 aromatic carbocycles. The third-order valence-electron chi connectivity index (χ3n) is 3.52. The molecule has 0 radical (unpaired) electrons. The Balaban J connectivity index is 2.44. The van der Waals surface area contributed by atoms with Gasteiger partial charge >= 0.3 is 0 Å². The van der Waals surface area contributed by atoms with Crippen LogP contribution in [-0.4, -0.2) is 48.8 Å². The van der Waals surface area contributed by atoms with Gasteiger partial charge in [-0.05, 0) is 44.3 Å². The number of hydrogen-bond donors (Lipinski definition) is 0. The molecule has 0 spiro atoms. The van der Waals surface area contributed by atoms with Crippen molar-refractivity contribution in [2.45, 2.75) is 33.3 Å². The lowest BCUT2D eigenvalue weighted by Crippen LogP contribution is -2.41. The highest BCUT2D eigenvalue weighted by Gasteiger charge is 2.70. The number of nitrogens with zero attached hydrogens (tertiary/aromatic N) is 1. The number of sulfone groups is 1. The standard InChI is InChI=1S/C10H16Br2NO2S3/c1-4-13(5-2)8-16-7-6-18(14,15)10(11,12)9(7,3)17-8/h7H,4-6H2,1-3H3/q+1/t7-,9+/m1/s1. The maximum Gasteiger partial charge on any atom is 0.271 e. The second kappa shape index (κ2) is 4.93. The second-order valence-corrected chi connectivity index (χ2v) is 14.1. The molecule has 18 heavy (non-hydrogen) atoms. The van der Waals surface area contributed by atoms with Crippen LogP contribution in [0.3, 0.4) is 0 Å². The molecule has 2 saturated heterocycles. The summed E-state index contributed by atoms with van der Waals surface area (Å²) in [6.45, 7) is 8.19. The van der Waals surface area contributed by atoms with Crippen LogP contribution in [-0.2, 0) is 9.84 Å². The molecule has 2 rings (SSSR count). The summed E-state index contributed by atoms with van der Waals surface area (Å²) in [7, 11) is -3.14. The molecular formula is C10H16Br2NO2S3+. The highest BCUT2D eigenvalue weighted by molar-refractivity contribution is 9.28. The van der Waals surface area contributed by atoms with Gasteiger partial charge in [-0.1, -0.05) is 31.9 Å². The molecule has 0 N–H and O–H groups in total. The largest absolute Gasteiger partial charge is 0.271 e. The zero-order valence-corrected chi connectivity index (χ0v) is 16.1. The number of rotatable bonds is 2. The molecule has 0 saturated carbocycles. The molecule has 0 bridgehead atoms. The van der Waals surface area contributed by atoms with E-state index in [-0.39, 0.29) is 15.7 Å². The smallest absolute Gasteiger partial charge is 0.226 e. The average molecular weight is 438 g/mol. The average Bonchev–Trinajstić information content (AvgIpc) is 2.63. The van der Waals surface area contributed by atoms with Crippen LogP contribution in [0.2, 0.25) is 0 Å². The summed E-state index contributed by atoms with van der Waals surface area (Å²) in [5.41, 5.74) is 0. The maximum absolute atomic E-state index is 12.2. The van der Waals surface area contributed by atoms with Gasteiger partial charge in [0.1, 0.15) is 13.1 Å². The Morgan fingerprint density at radius 1 is 1.39 bits per heavy atom. The third-order valence-corrected chi connectivity index (χ3v) is 14.5. The first-order valence-electron chi connectivity index (χ1n) is 5.77. The Kier molecular flexibility index (Phi) is 4.29. The minimum Gasteiger partial charge on any atom is -0.226 e. The van der Waals surface area contributed by atoms with Crippen LogP contribution in [0.1, 0.15) is 20.8 Å². The van der Waals surface area contributed by atoms with Crippen molar-refractivity contribution in [3.63, 3.8) is 0 Å². The van der Waals surface area contributed by atoms with E-state index in [9.17, 15) is 8.42 Å². The van der Waals surface area contributed by atoms with E-state index in [0.717, 1.165) is 13.1 Å². The number of halogens is 2. The van der Waals surface area contributed by atoms with Crippen LogP contribution in [0.25, 0.3) is 0 Å². The number of thioether (sulfide) groups is 2. The van der Waals surface area contributed by atoms with Gasteiger partial charge in [-0.3, -0.25) is 0 Å². The SMILES string of the molecule is CC[N+](CC)=C1S[C@@H]2CS(=O)(=O)C(Br)(Br)[C@@]2(C)S1. The second-order valence-electron chi connectivity index (χ2n) is 4.55. The lowest BCUT2D eigenvalue weighted by Gasteiger charge is -2.29. The van der Waals surface area contributed by atoms with E-state index in [1.54, 1.807) is 23.5 Å². The molecule has 104 valence electrons. The molecule has 2 atom stereocenters. The summed E-state index contributed by atoms with van der Waals surface area (Å²) in [6.07, 6.45) is 0. The van der Waals surface area contributed by atoms with Gasteiger partial charge in [0.2, 0.25) is 0 Å². The van der Waals surface area contributed by atoms with Gasteiger partial charge in [0, 0.05) is 5.25 Å². The quantitative estimate of drug-likeness (QED) is 0.491. The Morgan fingerprint density at radius 3 is 2.39 bits per heavy atom. The zero-order chi connectivity index (χ0) is 13.8. The van der Waals surface area contributed by atoms with E-state index >= 15 is 0 Å². The predicted octanol–water partition coefficient (Wildman–Crippen LogP) is 2.87.